The molecule has 0 saturated heterocycles. The normalized spacial score (nSPS) is 12.7. The molecule has 0 radical (unpaired) electrons. The Morgan fingerprint density at radius 2 is 2.07 bits per heavy atom. The lowest BCUT2D eigenvalue weighted by Gasteiger charge is -2.32. The van der Waals surface area contributed by atoms with Crippen molar-refractivity contribution in [3.05, 3.63) is 77.9 Å². The fraction of sp³-hybridized carbons (Fsp3) is 0.304. The summed E-state index contributed by atoms with van der Waals surface area (Å²) in [5, 5.41) is 5.82. The highest BCUT2D eigenvalue weighted by atomic mass is 32.1. The van der Waals surface area contributed by atoms with Crippen molar-refractivity contribution in [2.45, 2.75) is 26.7 Å². The van der Waals surface area contributed by atoms with Crippen molar-refractivity contribution in [2.24, 2.45) is 5.41 Å². The molecule has 5 heteroatoms. The number of thiazole rings is 1. The van der Waals surface area contributed by atoms with Crippen molar-refractivity contribution in [3.63, 3.8) is 0 Å². The van der Waals surface area contributed by atoms with E-state index in [0.29, 0.717) is 0 Å². The molecule has 0 saturated carbocycles. The molecule has 1 unspecified atom stereocenters. The van der Waals surface area contributed by atoms with E-state index in [1.54, 1.807) is 30.7 Å². The van der Waals surface area contributed by atoms with Gasteiger partial charge in [0.1, 0.15) is 12.0 Å². The smallest absolute Gasteiger partial charge is 0.182 e. The third kappa shape index (κ3) is 6.50. The molecule has 0 aliphatic carbocycles. The fourth-order valence-corrected chi connectivity index (χ4v) is 3.40. The minimum atomic E-state index is -0.553. The maximum Gasteiger partial charge on any atom is 0.182 e. The first-order valence-corrected chi connectivity index (χ1v) is 9.94. The molecule has 1 aromatic carbocycles. The number of aromatic nitrogens is 1. The van der Waals surface area contributed by atoms with Gasteiger partial charge < -0.3 is 14.8 Å². The molecule has 1 atom stereocenters. The van der Waals surface area contributed by atoms with Gasteiger partial charge in [-0.15, -0.1) is 11.3 Å². The van der Waals surface area contributed by atoms with Crippen molar-refractivity contribution in [1.82, 2.24) is 4.98 Å². The Balaban J connectivity index is 0.000000467. The SMILES string of the molecule is C=C/C=C(\C=C/C)C(c1ccccc1OC)C(C)(C)C=O.CNc1nccs1. The zero-order valence-corrected chi connectivity index (χ0v) is 18.1. The molecule has 1 heterocycles. The number of carbonyl (C=O) groups is 1. The third-order valence-electron chi connectivity index (χ3n) is 4.15. The molecule has 150 valence electrons. The van der Waals surface area contributed by atoms with Crippen LogP contribution in [0.2, 0.25) is 0 Å². The topological polar surface area (TPSA) is 51.2 Å². The zero-order chi connectivity index (χ0) is 21.0. The Labute approximate surface area is 172 Å². The molecule has 2 rings (SSSR count). The number of benzene rings is 1. The van der Waals surface area contributed by atoms with E-state index in [1.165, 1.54) is 0 Å². The molecule has 1 aromatic heterocycles. The standard InChI is InChI=1S/C19H24O2.C4H6N2S/c1-6-10-15(11-7-2)18(19(3,4)14-20)16-12-8-9-13-17(16)21-5;1-5-4-6-2-3-7-4/h6-14,18H,1H2,2-5H3;2-3H,1H3,(H,5,6)/b11-7-,15-10+;. The Morgan fingerprint density at radius 1 is 1.36 bits per heavy atom. The largest absolute Gasteiger partial charge is 0.496 e. The average Bonchev–Trinajstić information content (AvgIpc) is 3.23. The first-order chi connectivity index (χ1) is 13.4. The van der Waals surface area contributed by atoms with Gasteiger partial charge in [-0.05, 0) is 18.6 Å². The maximum atomic E-state index is 11.6. The van der Waals surface area contributed by atoms with Gasteiger partial charge in [-0.1, -0.05) is 62.9 Å². The molecule has 2 aromatic rings. The number of hydrogen-bond acceptors (Lipinski definition) is 5. The summed E-state index contributed by atoms with van der Waals surface area (Å²) in [5.41, 5.74) is 1.49. The monoisotopic (exact) mass is 398 g/mol. The van der Waals surface area contributed by atoms with Gasteiger partial charge in [0.2, 0.25) is 0 Å². The number of hydrogen-bond donors (Lipinski definition) is 1. The highest BCUT2D eigenvalue weighted by Crippen LogP contribution is 2.43. The molecule has 0 aliphatic rings. The van der Waals surface area contributed by atoms with E-state index in [2.05, 4.69) is 16.9 Å². The molecule has 28 heavy (non-hydrogen) atoms. The number of nitrogens with zero attached hydrogens (tertiary/aromatic N) is 1. The van der Waals surface area contributed by atoms with Crippen LogP contribution in [0.4, 0.5) is 5.13 Å². The summed E-state index contributed by atoms with van der Waals surface area (Å²) >= 11 is 1.60. The average molecular weight is 399 g/mol. The van der Waals surface area contributed by atoms with Crippen molar-refractivity contribution < 1.29 is 9.53 Å². The number of methoxy groups -OCH3 is 1. The number of allylic oxidation sites excluding steroid dienone is 5. The number of rotatable bonds is 8. The Kier molecular flexibility index (Phi) is 9.96. The fourth-order valence-electron chi connectivity index (χ4n) is 2.91. The first kappa shape index (κ1) is 23.4. The molecule has 0 fully saturated rings. The van der Waals surface area contributed by atoms with Gasteiger partial charge >= 0.3 is 0 Å². The van der Waals surface area contributed by atoms with Crippen molar-refractivity contribution in [3.8, 4) is 5.75 Å². The van der Waals surface area contributed by atoms with Crippen LogP contribution < -0.4 is 10.1 Å². The molecule has 0 aliphatic heterocycles. The minimum Gasteiger partial charge on any atom is -0.496 e. The molecule has 4 nitrogen and oxygen atoms in total. The van der Waals surface area contributed by atoms with E-state index in [0.717, 1.165) is 28.3 Å². The molecular formula is C23H30N2O2S. The maximum absolute atomic E-state index is 11.6. The minimum absolute atomic E-state index is 0.0969. The Hall–Kier alpha value is -2.66. The number of nitrogens with one attached hydrogen (secondary N) is 1. The van der Waals surface area contributed by atoms with Crippen LogP contribution in [-0.2, 0) is 4.79 Å². The van der Waals surface area contributed by atoms with Gasteiger partial charge in [-0.25, -0.2) is 4.98 Å². The van der Waals surface area contributed by atoms with E-state index >= 15 is 0 Å². The van der Waals surface area contributed by atoms with Crippen molar-refractivity contribution in [1.29, 1.82) is 0 Å². The number of ether oxygens (including phenoxy) is 1. The van der Waals surface area contributed by atoms with Gasteiger partial charge in [-0.3, -0.25) is 0 Å². The lowest BCUT2D eigenvalue weighted by atomic mass is 9.71. The van der Waals surface area contributed by atoms with E-state index in [4.69, 9.17) is 4.74 Å². The van der Waals surface area contributed by atoms with Crippen LogP contribution in [0, 0.1) is 5.41 Å². The number of para-hydroxylation sites is 1. The van der Waals surface area contributed by atoms with Crippen LogP contribution in [0.25, 0.3) is 0 Å². The van der Waals surface area contributed by atoms with Gasteiger partial charge in [0.25, 0.3) is 0 Å². The van der Waals surface area contributed by atoms with E-state index < -0.39 is 5.41 Å². The Morgan fingerprint density at radius 3 is 2.54 bits per heavy atom. The molecule has 1 N–H and O–H groups in total. The summed E-state index contributed by atoms with van der Waals surface area (Å²) in [6, 6.07) is 7.83. The predicted molar refractivity (Wildman–Crippen MR) is 120 cm³/mol. The molecule has 0 spiro atoms. The number of aldehydes is 1. The molecular weight excluding hydrogens is 368 g/mol. The van der Waals surface area contributed by atoms with E-state index in [9.17, 15) is 4.79 Å². The highest BCUT2D eigenvalue weighted by Gasteiger charge is 2.34. The number of anilines is 1. The highest BCUT2D eigenvalue weighted by molar-refractivity contribution is 7.13. The predicted octanol–water partition coefficient (Wildman–Crippen LogP) is 5.88. The molecule has 0 amide bonds. The van der Waals surface area contributed by atoms with Gasteiger partial charge in [0, 0.05) is 35.5 Å². The second-order valence-electron chi connectivity index (χ2n) is 6.60. The third-order valence-corrected chi connectivity index (χ3v) is 4.94. The van der Waals surface area contributed by atoms with Gasteiger partial charge in [-0.2, -0.15) is 0 Å². The van der Waals surface area contributed by atoms with Gasteiger partial charge in [0.15, 0.2) is 5.13 Å². The first-order valence-electron chi connectivity index (χ1n) is 9.06. The van der Waals surface area contributed by atoms with Crippen LogP contribution >= 0.6 is 11.3 Å². The van der Waals surface area contributed by atoms with Gasteiger partial charge in [0.05, 0.1) is 7.11 Å². The van der Waals surface area contributed by atoms with Crippen molar-refractivity contribution in [2.75, 3.05) is 19.5 Å². The summed E-state index contributed by atoms with van der Waals surface area (Å²) in [6.45, 7) is 9.63. The zero-order valence-electron chi connectivity index (χ0n) is 17.3. The van der Waals surface area contributed by atoms with E-state index in [-0.39, 0.29) is 5.92 Å². The quantitative estimate of drug-likeness (QED) is 0.446. The van der Waals surface area contributed by atoms with Crippen LogP contribution in [0.1, 0.15) is 32.3 Å². The van der Waals surface area contributed by atoms with Crippen LogP contribution in [-0.4, -0.2) is 25.4 Å². The second-order valence-corrected chi connectivity index (χ2v) is 7.50. The summed E-state index contributed by atoms with van der Waals surface area (Å²) in [4.78, 5) is 15.6. The summed E-state index contributed by atoms with van der Waals surface area (Å²) in [6.07, 6.45) is 10.5. The number of carbonyl (C=O) groups excluding carboxylic acids is 1. The second kappa shape index (κ2) is 11.9. The summed E-state index contributed by atoms with van der Waals surface area (Å²) in [7, 11) is 3.51. The van der Waals surface area contributed by atoms with E-state index in [1.807, 2.05) is 75.7 Å². The van der Waals surface area contributed by atoms with Crippen molar-refractivity contribution >= 4 is 22.8 Å². The lowest BCUT2D eigenvalue weighted by Crippen LogP contribution is -2.25. The van der Waals surface area contributed by atoms with Crippen LogP contribution in [0.3, 0.4) is 0 Å². The molecule has 0 bridgehead atoms. The Bertz CT molecular complexity index is 793. The lowest BCUT2D eigenvalue weighted by molar-refractivity contribution is -0.115. The van der Waals surface area contributed by atoms with Crippen LogP contribution in [0.5, 0.6) is 5.75 Å². The summed E-state index contributed by atoms with van der Waals surface area (Å²) in [5.74, 6) is 0.692. The summed E-state index contributed by atoms with van der Waals surface area (Å²) < 4.78 is 5.48. The van der Waals surface area contributed by atoms with Crippen LogP contribution in [0.15, 0.2) is 72.3 Å².